The van der Waals surface area contributed by atoms with Crippen molar-refractivity contribution in [1.82, 2.24) is 4.90 Å². The smallest absolute Gasteiger partial charge is 0.341 e. The topological polar surface area (TPSA) is 58.6 Å². The molecule has 2 aromatic rings. The van der Waals surface area contributed by atoms with Gasteiger partial charge in [0.25, 0.3) is 0 Å². The third kappa shape index (κ3) is 4.87. The van der Waals surface area contributed by atoms with Gasteiger partial charge in [0.15, 0.2) is 0 Å². The molecule has 1 aromatic heterocycles. The van der Waals surface area contributed by atoms with E-state index in [9.17, 15) is 9.59 Å². The zero-order valence-corrected chi connectivity index (χ0v) is 18.7. The highest BCUT2D eigenvalue weighted by molar-refractivity contribution is 7.17. The number of hydrogen-bond acceptors (Lipinski definition) is 5. The number of hydrogen-bond donors (Lipinski definition) is 1. The van der Waals surface area contributed by atoms with E-state index in [0.29, 0.717) is 23.2 Å². The lowest BCUT2D eigenvalue weighted by atomic mass is 10.0. The van der Waals surface area contributed by atoms with Gasteiger partial charge in [-0.15, -0.1) is 11.3 Å². The molecule has 2 heterocycles. The molecule has 0 saturated heterocycles. The van der Waals surface area contributed by atoms with Crippen molar-refractivity contribution in [3.63, 3.8) is 0 Å². The van der Waals surface area contributed by atoms with E-state index < -0.39 is 0 Å². The minimum Gasteiger partial charge on any atom is -0.462 e. The molecule has 29 heavy (non-hydrogen) atoms. The van der Waals surface area contributed by atoms with Crippen LogP contribution in [0.1, 0.15) is 58.3 Å². The highest BCUT2D eigenvalue weighted by Crippen LogP contribution is 2.38. The second-order valence-electron chi connectivity index (χ2n) is 7.90. The highest BCUT2D eigenvalue weighted by atomic mass is 32.1. The first kappa shape index (κ1) is 21.5. The van der Waals surface area contributed by atoms with Crippen LogP contribution in [0.5, 0.6) is 0 Å². The second-order valence-corrected chi connectivity index (χ2v) is 9.00. The lowest BCUT2D eigenvalue weighted by Gasteiger charge is -2.30. The van der Waals surface area contributed by atoms with Gasteiger partial charge in [-0.25, -0.2) is 4.79 Å². The third-order valence-electron chi connectivity index (χ3n) is 5.40. The number of amides is 1. The van der Waals surface area contributed by atoms with Gasteiger partial charge >= 0.3 is 5.97 Å². The molecule has 0 bridgehead atoms. The van der Waals surface area contributed by atoms with Gasteiger partial charge in [0.2, 0.25) is 5.91 Å². The monoisotopic (exact) mass is 414 g/mol. The maximum Gasteiger partial charge on any atom is 0.341 e. The number of nitrogens with zero attached hydrogens (tertiary/aromatic N) is 1. The Hall–Kier alpha value is -2.18. The Labute approximate surface area is 177 Å². The molecule has 1 aliphatic rings. The minimum atomic E-state index is -0.343. The van der Waals surface area contributed by atoms with Crippen LogP contribution >= 0.6 is 11.3 Å². The van der Waals surface area contributed by atoms with E-state index in [2.05, 4.69) is 30.1 Å². The summed E-state index contributed by atoms with van der Waals surface area (Å²) in [6.07, 6.45) is 1.08. The van der Waals surface area contributed by atoms with Crippen molar-refractivity contribution in [2.24, 2.45) is 0 Å². The molecule has 1 aliphatic heterocycles. The minimum absolute atomic E-state index is 0.109. The molecular formula is C23H30N2O3S. The summed E-state index contributed by atoms with van der Waals surface area (Å²) in [6, 6.07) is 6.54. The van der Waals surface area contributed by atoms with Crippen LogP contribution in [-0.2, 0) is 28.9 Å². The molecular weight excluding hydrogens is 384 g/mol. The average molecular weight is 415 g/mol. The molecule has 0 fully saturated rings. The summed E-state index contributed by atoms with van der Waals surface area (Å²) in [5.41, 5.74) is 4.86. The molecule has 5 nitrogen and oxygen atoms in total. The Bertz CT molecular complexity index is 917. The number of thiophene rings is 1. The van der Waals surface area contributed by atoms with E-state index in [1.165, 1.54) is 16.9 Å². The van der Waals surface area contributed by atoms with E-state index in [-0.39, 0.29) is 18.3 Å². The first-order valence-corrected chi connectivity index (χ1v) is 11.0. The van der Waals surface area contributed by atoms with Crippen LogP contribution in [0.15, 0.2) is 18.2 Å². The summed E-state index contributed by atoms with van der Waals surface area (Å²) >= 11 is 1.51. The molecule has 0 saturated carbocycles. The van der Waals surface area contributed by atoms with Gasteiger partial charge < -0.3 is 10.1 Å². The zero-order valence-electron chi connectivity index (χ0n) is 17.9. The van der Waals surface area contributed by atoms with E-state index >= 15 is 0 Å². The standard InChI is InChI=1S/C23H30N2O3S/c1-6-28-23(27)21-18-9-10-25(14(2)3)13-19(18)29-22(21)24-20(26)12-17-8-7-15(4)11-16(17)5/h7-8,11,14H,6,9-10,12-13H2,1-5H3,(H,24,26). The van der Waals surface area contributed by atoms with Gasteiger partial charge in [0.05, 0.1) is 18.6 Å². The fourth-order valence-corrected chi connectivity index (χ4v) is 5.04. The number of aryl methyl sites for hydroxylation is 2. The summed E-state index contributed by atoms with van der Waals surface area (Å²) in [4.78, 5) is 29.0. The van der Waals surface area contributed by atoms with Gasteiger partial charge in [-0.2, -0.15) is 0 Å². The van der Waals surface area contributed by atoms with Crippen molar-refractivity contribution in [3.8, 4) is 0 Å². The summed E-state index contributed by atoms with van der Waals surface area (Å²) < 4.78 is 5.30. The predicted octanol–water partition coefficient (Wildman–Crippen LogP) is 4.49. The Kier molecular flexibility index (Phi) is 6.75. The van der Waals surface area contributed by atoms with Gasteiger partial charge in [0.1, 0.15) is 5.00 Å². The van der Waals surface area contributed by atoms with Crippen molar-refractivity contribution >= 4 is 28.2 Å². The van der Waals surface area contributed by atoms with Crippen molar-refractivity contribution in [2.45, 2.75) is 60.0 Å². The molecule has 6 heteroatoms. The van der Waals surface area contributed by atoms with Crippen molar-refractivity contribution < 1.29 is 14.3 Å². The SMILES string of the molecule is CCOC(=O)c1c(NC(=O)Cc2ccc(C)cc2C)sc2c1CCN(C(C)C)C2. The van der Waals surface area contributed by atoms with Crippen molar-refractivity contribution in [1.29, 1.82) is 0 Å². The number of ether oxygens (including phenoxy) is 1. The Morgan fingerprint density at radius 2 is 2.03 bits per heavy atom. The van der Waals surface area contributed by atoms with Crippen molar-refractivity contribution in [3.05, 3.63) is 50.9 Å². The van der Waals surface area contributed by atoms with Gasteiger partial charge in [-0.3, -0.25) is 9.69 Å². The largest absolute Gasteiger partial charge is 0.462 e. The van der Waals surface area contributed by atoms with E-state index in [1.54, 1.807) is 6.92 Å². The number of anilines is 1. The predicted molar refractivity (Wildman–Crippen MR) is 118 cm³/mol. The molecule has 0 unspecified atom stereocenters. The van der Waals surface area contributed by atoms with E-state index in [1.807, 2.05) is 26.0 Å². The molecule has 0 aliphatic carbocycles. The lowest BCUT2D eigenvalue weighted by Crippen LogP contribution is -2.35. The van der Waals surface area contributed by atoms with Gasteiger partial charge in [-0.05, 0) is 57.7 Å². The van der Waals surface area contributed by atoms with Gasteiger partial charge in [-0.1, -0.05) is 23.8 Å². The number of esters is 1. The molecule has 1 N–H and O–H groups in total. The fourth-order valence-electron chi connectivity index (χ4n) is 3.76. The Balaban J connectivity index is 1.85. The quantitative estimate of drug-likeness (QED) is 0.708. The maximum atomic E-state index is 12.8. The molecule has 0 radical (unpaired) electrons. The zero-order chi connectivity index (χ0) is 21.1. The number of benzene rings is 1. The molecule has 3 rings (SSSR count). The summed E-state index contributed by atoms with van der Waals surface area (Å²) in [7, 11) is 0. The lowest BCUT2D eigenvalue weighted by molar-refractivity contribution is -0.115. The molecule has 156 valence electrons. The van der Waals surface area contributed by atoms with Crippen LogP contribution in [-0.4, -0.2) is 36.0 Å². The molecule has 0 atom stereocenters. The summed E-state index contributed by atoms with van der Waals surface area (Å²) in [5, 5.41) is 3.62. The Morgan fingerprint density at radius 1 is 1.28 bits per heavy atom. The fraction of sp³-hybridized carbons (Fsp3) is 0.478. The summed E-state index contributed by atoms with van der Waals surface area (Å²) in [5.74, 6) is -0.452. The van der Waals surface area contributed by atoms with E-state index in [0.717, 1.165) is 41.1 Å². The normalized spacial score (nSPS) is 14.0. The van der Waals surface area contributed by atoms with Gasteiger partial charge in [0, 0.05) is 24.0 Å². The Morgan fingerprint density at radius 3 is 2.69 bits per heavy atom. The maximum absolute atomic E-state index is 12.8. The first-order valence-electron chi connectivity index (χ1n) is 10.2. The average Bonchev–Trinajstić information content (AvgIpc) is 3.01. The van der Waals surface area contributed by atoms with Crippen LogP contribution in [0.2, 0.25) is 0 Å². The number of nitrogens with one attached hydrogen (secondary N) is 1. The number of fused-ring (bicyclic) bond motifs is 1. The summed E-state index contributed by atoms with van der Waals surface area (Å²) in [6.45, 7) is 12.2. The third-order valence-corrected chi connectivity index (χ3v) is 6.53. The van der Waals surface area contributed by atoms with Crippen LogP contribution in [0, 0.1) is 13.8 Å². The first-order chi connectivity index (χ1) is 13.8. The number of carbonyl (C=O) groups is 2. The highest BCUT2D eigenvalue weighted by Gasteiger charge is 2.30. The molecule has 1 amide bonds. The second kappa shape index (κ2) is 9.09. The number of carbonyl (C=O) groups excluding carboxylic acids is 2. The van der Waals surface area contributed by atoms with Crippen LogP contribution in [0.25, 0.3) is 0 Å². The van der Waals surface area contributed by atoms with E-state index in [4.69, 9.17) is 4.74 Å². The number of rotatable bonds is 6. The van der Waals surface area contributed by atoms with Crippen LogP contribution in [0.4, 0.5) is 5.00 Å². The molecule has 1 aromatic carbocycles. The van der Waals surface area contributed by atoms with Crippen LogP contribution < -0.4 is 5.32 Å². The van der Waals surface area contributed by atoms with Crippen molar-refractivity contribution in [2.75, 3.05) is 18.5 Å². The van der Waals surface area contributed by atoms with Crippen LogP contribution in [0.3, 0.4) is 0 Å². The molecule has 0 spiro atoms.